The van der Waals surface area contributed by atoms with E-state index in [1.165, 1.54) is 0 Å². The third-order valence-electron chi connectivity index (χ3n) is 8.26. The highest BCUT2D eigenvalue weighted by molar-refractivity contribution is 4.97. The number of hydrogen-bond acceptors (Lipinski definition) is 21. The molecular weight excluding hydrogens is 622 g/mol. The van der Waals surface area contributed by atoms with Gasteiger partial charge in [-0.1, -0.05) is 0 Å². The van der Waals surface area contributed by atoms with Gasteiger partial charge in [0.25, 0.3) is 0 Å². The number of aliphatic hydroxyl groups is 13. The molecule has 0 aliphatic carbocycles. The fourth-order valence-corrected chi connectivity index (χ4v) is 5.59. The molecule has 0 aromatic rings. The first-order chi connectivity index (χ1) is 21.3. The predicted octanol–water partition coefficient (Wildman–Crippen LogP) is -9.78. The first kappa shape index (κ1) is 37.0. The van der Waals surface area contributed by atoms with Crippen molar-refractivity contribution in [3.63, 3.8) is 0 Å². The molecule has 4 aliphatic heterocycles. The molecule has 4 aliphatic rings. The molecule has 0 saturated carbocycles. The van der Waals surface area contributed by atoms with E-state index in [0.717, 1.165) is 0 Å². The van der Waals surface area contributed by atoms with Gasteiger partial charge in [0.1, 0.15) is 97.7 Å². The molecule has 264 valence electrons. The van der Waals surface area contributed by atoms with Gasteiger partial charge in [0.2, 0.25) is 0 Å². The predicted molar refractivity (Wildman–Crippen MR) is 136 cm³/mol. The second-order valence-corrected chi connectivity index (χ2v) is 11.2. The molecule has 45 heavy (non-hydrogen) atoms. The van der Waals surface area contributed by atoms with Gasteiger partial charge in [-0.05, 0) is 0 Å². The zero-order valence-electron chi connectivity index (χ0n) is 23.6. The van der Waals surface area contributed by atoms with Crippen molar-refractivity contribution < 1.29 is 99.5 Å². The molecule has 4 fully saturated rings. The highest BCUT2D eigenvalue weighted by Crippen LogP contribution is 2.34. The van der Waals surface area contributed by atoms with Crippen LogP contribution in [0.5, 0.6) is 0 Å². The number of ether oxygens (including phenoxy) is 7. The van der Waals surface area contributed by atoms with Gasteiger partial charge in [-0.3, -0.25) is 0 Å². The van der Waals surface area contributed by atoms with E-state index < -0.39 is 143 Å². The maximum Gasteiger partial charge on any atom is 0.187 e. The standard InChI is InChI=1S/C24H43NO20/c25-1-5-9(29)10(30)15(35)22(40-5)44-19-7(3-27)42-24(17(37)12(19)32)45-20-8(4-28)41-23(16(36)13(20)33)43-18-6(2-26)39-21(38)14(34)11(18)31/h5-24,26-38H,1-4,25H2/t5-,6-,7-,8-,9-,10+,11-,12-,13-,14-,15-,16-,17-,18-,19-,20-,21+,22-,23-,24-/m1/s1. The van der Waals surface area contributed by atoms with E-state index in [4.69, 9.17) is 38.9 Å². The molecule has 4 rings (SSSR count). The Morgan fingerprint density at radius 1 is 0.400 bits per heavy atom. The first-order valence-corrected chi connectivity index (χ1v) is 14.2. The van der Waals surface area contributed by atoms with Gasteiger partial charge in [0.15, 0.2) is 25.2 Å². The van der Waals surface area contributed by atoms with Crippen LogP contribution in [-0.4, -0.2) is 216 Å². The van der Waals surface area contributed by atoms with Crippen molar-refractivity contribution in [2.45, 2.75) is 123 Å². The van der Waals surface area contributed by atoms with E-state index in [0.29, 0.717) is 0 Å². The molecule has 21 nitrogen and oxygen atoms in total. The van der Waals surface area contributed by atoms with Crippen molar-refractivity contribution >= 4 is 0 Å². The molecule has 20 atom stereocenters. The number of aliphatic hydroxyl groups excluding tert-OH is 13. The fraction of sp³-hybridized carbons (Fsp3) is 1.00. The number of nitrogens with two attached hydrogens (primary N) is 1. The maximum absolute atomic E-state index is 10.9. The Balaban J connectivity index is 1.43. The zero-order chi connectivity index (χ0) is 33.3. The topological polar surface area (TPSA) is 354 Å². The van der Waals surface area contributed by atoms with Crippen LogP contribution in [-0.2, 0) is 33.2 Å². The summed E-state index contributed by atoms with van der Waals surface area (Å²) in [6.45, 7) is -2.85. The van der Waals surface area contributed by atoms with Gasteiger partial charge in [-0.15, -0.1) is 0 Å². The smallest absolute Gasteiger partial charge is 0.187 e. The van der Waals surface area contributed by atoms with Crippen LogP contribution < -0.4 is 5.73 Å². The summed E-state index contributed by atoms with van der Waals surface area (Å²) >= 11 is 0. The third-order valence-corrected chi connectivity index (χ3v) is 8.26. The molecule has 0 amide bonds. The van der Waals surface area contributed by atoms with E-state index in [1.54, 1.807) is 0 Å². The minimum absolute atomic E-state index is 0.284. The summed E-state index contributed by atoms with van der Waals surface area (Å²) in [6.07, 6.45) is -34.5. The van der Waals surface area contributed by atoms with Crippen LogP contribution in [0.2, 0.25) is 0 Å². The quantitative estimate of drug-likeness (QED) is 0.103. The van der Waals surface area contributed by atoms with Crippen LogP contribution in [0, 0.1) is 0 Å². The second kappa shape index (κ2) is 15.6. The molecule has 0 spiro atoms. The van der Waals surface area contributed by atoms with Crippen molar-refractivity contribution in [3.8, 4) is 0 Å². The van der Waals surface area contributed by atoms with E-state index in [9.17, 15) is 66.4 Å². The highest BCUT2D eigenvalue weighted by Gasteiger charge is 2.55. The SMILES string of the molecule is NC[C@H]1O[C@H](O[C@H]2[C@H](O)[C@@H](O)[C@@H](O[C@H]3[C@H](O)[C@@H](O)[C@@H](O[C@H]4[C@H](O)[C@@H](O)[C@@H](O)O[C@@H]4CO)O[C@@H]3CO)O[C@@H]2CO)[C@H](O)[C@@H](O)[C@@H]1O. The minimum Gasteiger partial charge on any atom is -0.394 e. The molecule has 0 radical (unpaired) electrons. The van der Waals surface area contributed by atoms with E-state index in [1.807, 2.05) is 0 Å². The largest absolute Gasteiger partial charge is 0.394 e. The third kappa shape index (κ3) is 7.44. The van der Waals surface area contributed by atoms with Gasteiger partial charge in [0, 0.05) is 6.54 Å². The molecule has 0 aromatic carbocycles. The summed E-state index contributed by atoms with van der Waals surface area (Å²) in [5.74, 6) is 0. The molecular formula is C24H43NO20. The number of rotatable bonds is 10. The summed E-state index contributed by atoms with van der Waals surface area (Å²) in [4.78, 5) is 0. The van der Waals surface area contributed by atoms with Crippen molar-refractivity contribution in [1.29, 1.82) is 0 Å². The Morgan fingerprint density at radius 3 is 1.11 bits per heavy atom. The van der Waals surface area contributed by atoms with Crippen LogP contribution in [0.15, 0.2) is 0 Å². The van der Waals surface area contributed by atoms with Crippen molar-refractivity contribution in [2.75, 3.05) is 26.4 Å². The average Bonchev–Trinajstić information content (AvgIpc) is 3.03. The summed E-state index contributed by atoms with van der Waals surface area (Å²) in [5.41, 5.74) is 5.51. The summed E-state index contributed by atoms with van der Waals surface area (Å²) in [5, 5.41) is 133. The molecule has 0 unspecified atom stereocenters. The Hall–Kier alpha value is -0.840. The van der Waals surface area contributed by atoms with Gasteiger partial charge in [-0.25, -0.2) is 0 Å². The molecule has 4 saturated heterocycles. The molecule has 4 heterocycles. The maximum atomic E-state index is 10.9. The Bertz CT molecular complexity index is 916. The monoisotopic (exact) mass is 665 g/mol. The van der Waals surface area contributed by atoms with Gasteiger partial charge < -0.3 is 105 Å². The van der Waals surface area contributed by atoms with Crippen LogP contribution in [0.3, 0.4) is 0 Å². The lowest BCUT2D eigenvalue weighted by Crippen LogP contribution is -2.67. The Kier molecular flexibility index (Phi) is 12.8. The summed E-state index contributed by atoms with van der Waals surface area (Å²) in [7, 11) is 0. The lowest BCUT2D eigenvalue weighted by molar-refractivity contribution is -0.387. The Labute approximate surface area is 255 Å². The van der Waals surface area contributed by atoms with Crippen molar-refractivity contribution in [3.05, 3.63) is 0 Å². The van der Waals surface area contributed by atoms with Gasteiger partial charge in [0.05, 0.1) is 19.8 Å². The summed E-state index contributed by atoms with van der Waals surface area (Å²) in [6, 6.07) is 0. The van der Waals surface area contributed by atoms with E-state index >= 15 is 0 Å². The van der Waals surface area contributed by atoms with E-state index in [-0.39, 0.29) is 6.54 Å². The summed E-state index contributed by atoms with van der Waals surface area (Å²) < 4.78 is 37.9. The van der Waals surface area contributed by atoms with Gasteiger partial charge in [-0.2, -0.15) is 0 Å². The second-order valence-electron chi connectivity index (χ2n) is 11.2. The molecule has 21 heteroatoms. The normalized spacial score (nSPS) is 52.9. The zero-order valence-corrected chi connectivity index (χ0v) is 23.6. The van der Waals surface area contributed by atoms with Crippen molar-refractivity contribution in [1.82, 2.24) is 0 Å². The first-order valence-electron chi connectivity index (χ1n) is 14.2. The van der Waals surface area contributed by atoms with E-state index in [2.05, 4.69) is 0 Å². The highest BCUT2D eigenvalue weighted by atomic mass is 16.8. The van der Waals surface area contributed by atoms with Crippen LogP contribution >= 0.6 is 0 Å². The minimum atomic E-state index is -2.00. The average molecular weight is 666 g/mol. The van der Waals surface area contributed by atoms with Crippen molar-refractivity contribution in [2.24, 2.45) is 5.73 Å². The van der Waals surface area contributed by atoms with Crippen LogP contribution in [0.25, 0.3) is 0 Å². The molecule has 0 aromatic heterocycles. The molecule has 0 bridgehead atoms. The number of hydrogen-bond donors (Lipinski definition) is 14. The Morgan fingerprint density at radius 2 is 0.733 bits per heavy atom. The van der Waals surface area contributed by atoms with Gasteiger partial charge >= 0.3 is 0 Å². The van der Waals surface area contributed by atoms with Crippen LogP contribution in [0.4, 0.5) is 0 Å². The van der Waals surface area contributed by atoms with Crippen LogP contribution in [0.1, 0.15) is 0 Å². The lowest BCUT2D eigenvalue weighted by Gasteiger charge is -2.49. The molecule has 15 N–H and O–H groups in total. The lowest BCUT2D eigenvalue weighted by atomic mass is 9.95. The fourth-order valence-electron chi connectivity index (χ4n) is 5.59.